The second-order valence-corrected chi connectivity index (χ2v) is 3.79. The van der Waals surface area contributed by atoms with Crippen molar-refractivity contribution < 1.29 is 9.53 Å². The Morgan fingerprint density at radius 2 is 1.88 bits per heavy atom. The van der Waals surface area contributed by atoms with Gasteiger partial charge < -0.3 is 4.74 Å². The highest BCUT2D eigenvalue weighted by Crippen LogP contribution is 2.21. The van der Waals surface area contributed by atoms with E-state index in [9.17, 15) is 4.79 Å². The third-order valence-electron chi connectivity index (χ3n) is 2.66. The van der Waals surface area contributed by atoms with Crippen LogP contribution in [-0.2, 0) is 4.74 Å². The molecular formula is C14H15NO2. The molecule has 0 aromatic heterocycles. The first kappa shape index (κ1) is 11.5. The lowest BCUT2D eigenvalue weighted by Crippen LogP contribution is -2.26. The summed E-state index contributed by atoms with van der Waals surface area (Å²) in [7, 11) is 1.71. The predicted octanol–water partition coefficient (Wildman–Crippen LogP) is 3.43. The smallest absolute Gasteiger partial charge is 0.413 e. The van der Waals surface area contributed by atoms with Crippen LogP contribution in [0.15, 0.2) is 42.5 Å². The van der Waals surface area contributed by atoms with Crippen LogP contribution < -0.4 is 4.90 Å². The van der Waals surface area contributed by atoms with Gasteiger partial charge in [-0.15, -0.1) is 0 Å². The summed E-state index contributed by atoms with van der Waals surface area (Å²) in [6.07, 6.45) is -0.331. The average molecular weight is 229 g/mol. The molecule has 0 aliphatic carbocycles. The Labute approximate surface area is 101 Å². The van der Waals surface area contributed by atoms with Crippen molar-refractivity contribution in [1.29, 1.82) is 0 Å². The van der Waals surface area contributed by atoms with Crippen LogP contribution in [0.1, 0.15) is 6.92 Å². The van der Waals surface area contributed by atoms with Crippen molar-refractivity contribution in [2.75, 3.05) is 18.6 Å². The molecular weight excluding hydrogens is 214 g/mol. The van der Waals surface area contributed by atoms with Crippen LogP contribution in [0.4, 0.5) is 10.5 Å². The first-order valence-electron chi connectivity index (χ1n) is 5.61. The van der Waals surface area contributed by atoms with Crippen molar-refractivity contribution in [3.05, 3.63) is 42.5 Å². The zero-order valence-electron chi connectivity index (χ0n) is 10.0. The number of rotatable bonds is 2. The van der Waals surface area contributed by atoms with E-state index in [2.05, 4.69) is 0 Å². The van der Waals surface area contributed by atoms with Gasteiger partial charge in [0, 0.05) is 12.7 Å². The Morgan fingerprint density at radius 1 is 1.18 bits per heavy atom. The molecule has 3 heteroatoms. The minimum atomic E-state index is -0.331. The van der Waals surface area contributed by atoms with Crippen LogP contribution in [0.5, 0.6) is 0 Å². The summed E-state index contributed by atoms with van der Waals surface area (Å²) in [6, 6.07) is 13.9. The number of hydrogen-bond donors (Lipinski definition) is 0. The Kier molecular flexibility index (Phi) is 3.28. The van der Waals surface area contributed by atoms with Gasteiger partial charge in [-0.05, 0) is 29.8 Å². The maximum absolute atomic E-state index is 11.6. The van der Waals surface area contributed by atoms with Crippen molar-refractivity contribution in [1.82, 2.24) is 0 Å². The van der Waals surface area contributed by atoms with Gasteiger partial charge in [-0.3, -0.25) is 4.90 Å². The monoisotopic (exact) mass is 229 g/mol. The molecule has 1 amide bonds. The number of nitrogens with zero attached hydrogens (tertiary/aromatic N) is 1. The fourth-order valence-electron chi connectivity index (χ4n) is 1.71. The van der Waals surface area contributed by atoms with E-state index in [1.165, 1.54) is 4.90 Å². The maximum Gasteiger partial charge on any atom is 0.413 e. The SMILES string of the molecule is CCOC(=O)N(C)c1ccc2ccccc2c1. The minimum absolute atomic E-state index is 0.331. The van der Waals surface area contributed by atoms with Gasteiger partial charge in [-0.25, -0.2) is 4.79 Å². The molecule has 0 atom stereocenters. The predicted molar refractivity (Wildman–Crippen MR) is 69.4 cm³/mol. The molecule has 0 unspecified atom stereocenters. The van der Waals surface area contributed by atoms with Gasteiger partial charge in [-0.2, -0.15) is 0 Å². The van der Waals surface area contributed by atoms with E-state index in [4.69, 9.17) is 4.74 Å². The van der Waals surface area contributed by atoms with Crippen LogP contribution in [0.2, 0.25) is 0 Å². The van der Waals surface area contributed by atoms with E-state index in [1.807, 2.05) is 42.5 Å². The molecule has 0 bridgehead atoms. The number of benzene rings is 2. The summed E-state index contributed by atoms with van der Waals surface area (Å²) in [4.78, 5) is 13.1. The van der Waals surface area contributed by atoms with Crippen LogP contribution >= 0.6 is 0 Å². The summed E-state index contributed by atoms with van der Waals surface area (Å²) < 4.78 is 4.96. The van der Waals surface area contributed by atoms with E-state index >= 15 is 0 Å². The first-order chi connectivity index (χ1) is 8.22. The fraction of sp³-hybridized carbons (Fsp3) is 0.214. The number of carbonyl (C=O) groups is 1. The summed E-state index contributed by atoms with van der Waals surface area (Å²) in [5, 5.41) is 2.27. The Hall–Kier alpha value is -2.03. The topological polar surface area (TPSA) is 29.5 Å². The normalized spacial score (nSPS) is 10.2. The molecule has 88 valence electrons. The molecule has 2 rings (SSSR count). The molecule has 0 fully saturated rings. The van der Waals surface area contributed by atoms with E-state index in [0.29, 0.717) is 6.61 Å². The quantitative estimate of drug-likeness (QED) is 0.789. The van der Waals surface area contributed by atoms with Gasteiger partial charge in [0.15, 0.2) is 0 Å². The number of hydrogen-bond acceptors (Lipinski definition) is 2. The zero-order valence-corrected chi connectivity index (χ0v) is 10.0. The van der Waals surface area contributed by atoms with Crippen LogP contribution in [-0.4, -0.2) is 19.7 Å². The molecule has 0 radical (unpaired) electrons. The summed E-state index contributed by atoms with van der Waals surface area (Å²) in [5.74, 6) is 0. The van der Waals surface area contributed by atoms with Gasteiger partial charge >= 0.3 is 6.09 Å². The Bertz CT molecular complexity index is 536. The largest absolute Gasteiger partial charge is 0.449 e. The summed E-state index contributed by atoms with van der Waals surface area (Å²) >= 11 is 0. The van der Waals surface area contributed by atoms with Crippen LogP contribution in [0.3, 0.4) is 0 Å². The lowest BCUT2D eigenvalue weighted by atomic mass is 10.1. The number of amides is 1. The molecule has 3 nitrogen and oxygen atoms in total. The van der Waals surface area contributed by atoms with Crippen LogP contribution in [0, 0.1) is 0 Å². The van der Waals surface area contributed by atoms with Gasteiger partial charge in [0.2, 0.25) is 0 Å². The molecule has 2 aromatic carbocycles. The van der Waals surface area contributed by atoms with Gasteiger partial charge in [0.1, 0.15) is 0 Å². The zero-order chi connectivity index (χ0) is 12.3. The third kappa shape index (κ3) is 2.38. The van der Waals surface area contributed by atoms with Crippen LogP contribution in [0.25, 0.3) is 10.8 Å². The molecule has 0 aliphatic heterocycles. The van der Waals surface area contributed by atoms with E-state index in [1.54, 1.807) is 14.0 Å². The third-order valence-corrected chi connectivity index (χ3v) is 2.66. The van der Waals surface area contributed by atoms with Crippen molar-refractivity contribution in [2.45, 2.75) is 6.92 Å². The van der Waals surface area contributed by atoms with Gasteiger partial charge in [-0.1, -0.05) is 30.3 Å². The summed E-state index contributed by atoms with van der Waals surface area (Å²) in [6.45, 7) is 2.18. The van der Waals surface area contributed by atoms with Crippen molar-refractivity contribution in [3.63, 3.8) is 0 Å². The first-order valence-corrected chi connectivity index (χ1v) is 5.61. The van der Waals surface area contributed by atoms with Gasteiger partial charge in [0.25, 0.3) is 0 Å². The Balaban J connectivity index is 2.32. The second kappa shape index (κ2) is 4.87. The summed E-state index contributed by atoms with van der Waals surface area (Å²) in [5.41, 5.74) is 0.835. The van der Waals surface area contributed by atoms with E-state index in [-0.39, 0.29) is 6.09 Å². The number of carbonyl (C=O) groups excluding carboxylic acids is 1. The lowest BCUT2D eigenvalue weighted by molar-refractivity contribution is 0.161. The molecule has 0 aliphatic rings. The molecule has 0 saturated heterocycles. The lowest BCUT2D eigenvalue weighted by Gasteiger charge is -2.16. The van der Waals surface area contributed by atoms with Crippen molar-refractivity contribution in [3.8, 4) is 0 Å². The maximum atomic E-state index is 11.6. The highest BCUT2D eigenvalue weighted by Gasteiger charge is 2.11. The molecule has 0 N–H and O–H groups in total. The van der Waals surface area contributed by atoms with Gasteiger partial charge in [0.05, 0.1) is 6.61 Å². The van der Waals surface area contributed by atoms with Crippen molar-refractivity contribution >= 4 is 22.6 Å². The highest BCUT2D eigenvalue weighted by molar-refractivity contribution is 5.92. The fourth-order valence-corrected chi connectivity index (χ4v) is 1.71. The highest BCUT2D eigenvalue weighted by atomic mass is 16.6. The number of anilines is 1. The molecule has 0 heterocycles. The molecule has 0 saturated carbocycles. The molecule has 2 aromatic rings. The minimum Gasteiger partial charge on any atom is -0.449 e. The Morgan fingerprint density at radius 3 is 2.59 bits per heavy atom. The molecule has 17 heavy (non-hydrogen) atoms. The second-order valence-electron chi connectivity index (χ2n) is 3.79. The number of fused-ring (bicyclic) bond motifs is 1. The standard InChI is InChI=1S/C14H15NO2/c1-3-17-14(16)15(2)13-9-8-11-6-4-5-7-12(11)10-13/h4-10H,3H2,1-2H3. The number of ether oxygens (including phenoxy) is 1. The van der Waals surface area contributed by atoms with Crippen molar-refractivity contribution in [2.24, 2.45) is 0 Å². The van der Waals surface area contributed by atoms with E-state index < -0.39 is 0 Å². The molecule has 0 spiro atoms. The van der Waals surface area contributed by atoms with E-state index in [0.717, 1.165) is 16.5 Å². The average Bonchev–Trinajstić information content (AvgIpc) is 2.37.